The number of rotatable bonds is 5. The highest BCUT2D eigenvalue weighted by molar-refractivity contribution is 6.45. The fourth-order valence-corrected chi connectivity index (χ4v) is 3.89. The van der Waals surface area contributed by atoms with Gasteiger partial charge in [-0.3, -0.25) is 9.59 Å². The van der Waals surface area contributed by atoms with E-state index in [2.05, 4.69) is 0 Å². The van der Waals surface area contributed by atoms with E-state index in [4.69, 9.17) is 16.3 Å². The van der Waals surface area contributed by atoms with Gasteiger partial charge in [0.1, 0.15) is 11.4 Å². The van der Waals surface area contributed by atoms with E-state index in [1.807, 2.05) is 17.9 Å². The maximum atomic E-state index is 13.5. The lowest BCUT2D eigenvalue weighted by molar-refractivity contribution is -0.120. The number of para-hydroxylation sites is 2. The number of anilines is 1. The molecule has 6 heteroatoms. The largest absolute Gasteiger partial charge is 0.492 e. The molecule has 4 rings (SSSR count). The second-order valence-electron chi connectivity index (χ2n) is 6.77. The fourth-order valence-electron chi connectivity index (χ4n) is 3.77. The monoisotopic (exact) mass is 396 g/mol. The molecule has 28 heavy (non-hydrogen) atoms. The number of amides is 2. The number of imide groups is 1. The third-order valence-corrected chi connectivity index (χ3v) is 5.27. The van der Waals surface area contributed by atoms with Crippen LogP contribution in [0.25, 0.3) is 5.57 Å². The summed E-state index contributed by atoms with van der Waals surface area (Å²) in [7, 11) is 0. The van der Waals surface area contributed by atoms with Crippen LogP contribution >= 0.6 is 11.6 Å². The van der Waals surface area contributed by atoms with Crippen LogP contribution in [0.15, 0.2) is 54.2 Å². The Morgan fingerprint density at radius 1 is 0.964 bits per heavy atom. The Hall–Kier alpha value is -2.79. The summed E-state index contributed by atoms with van der Waals surface area (Å²) in [6, 6.07) is 14.2. The molecule has 2 amide bonds. The van der Waals surface area contributed by atoms with Crippen molar-refractivity contribution < 1.29 is 14.3 Å². The van der Waals surface area contributed by atoms with Crippen molar-refractivity contribution in [2.45, 2.75) is 19.8 Å². The van der Waals surface area contributed by atoms with Crippen LogP contribution < -0.4 is 9.64 Å². The second-order valence-corrected chi connectivity index (χ2v) is 7.21. The van der Waals surface area contributed by atoms with Crippen molar-refractivity contribution in [3.63, 3.8) is 0 Å². The summed E-state index contributed by atoms with van der Waals surface area (Å²) in [6.45, 7) is 3.86. The van der Waals surface area contributed by atoms with E-state index in [9.17, 15) is 9.59 Å². The van der Waals surface area contributed by atoms with E-state index in [-0.39, 0.29) is 11.8 Å². The van der Waals surface area contributed by atoms with Crippen molar-refractivity contribution in [3.8, 4) is 5.75 Å². The molecule has 0 spiro atoms. The highest BCUT2D eigenvalue weighted by Gasteiger charge is 2.43. The van der Waals surface area contributed by atoms with Gasteiger partial charge in [0, 0.05) is 18.1 Å². The minimum atomic E-state index is -0.332. The highest BCUT2D eigenvalue weighted by Crippen LogP contribution is 2.39. The summed E-state index contributed by atoms with van der Waals surface area (Å²) >= 11 is 6.02. The van der Waals surface area contributed by atoms with Gasteiger partial charge in [0.2, 0.25) is 0 Å². The van der Waals surface area contributed by atoms with Crippen LogP contribution in [0.5, 0.6) is 5.75 Å². The predicted octanol–water partition coefficient (Wildman–Crippen LogP) is 4.12. The van der Waals surface area contributed by atoms with E-state index >= 15 is 0 Å². The molecule has 0 atom stereocenters. The zero-order valence-corrected chi connectivity index (χ0v) is 16.4. The first kappa shape index (κ1) is 18.6. The number of hydrogen-bond donors (Lipinski definition) is 0. The van der Waals surface area contributed by atoms with Crippen molar-refractivity contribution in [2.75, 3.05) is 24.6 Å². The van der Waals surface area contributed by atoms with Crippen molar-refractivity contribution in [1.29, 1.82) is 0 Å². The van der Waals surface area contributed by atoms with Crippen LogP contribution in [0.2, 0.25) is 5.02 Å². The minimum absolute atomic E-state index is 0.302. The Balaban J connectivity index is 1.83. The Morgan fingerprint density at radius 2 is 1.64 bits per heavy atom. The van der Waals surface area contributed by atoms with Crippen LogP contribution in [0.3, 0.4) is 0 Å². The summed E-state index contributed by atoms with van der Waals surface area (Å²) in [5.74, 6) is -0.116. The minimum Gasteiger partial charge on any atom is -0.492 e. The van der Waals surface area contributed by atoms with Crippen molar-refractivity contribution >= 4 is 34.7 Å². The summed E-state index contributed by atoms with van der Waals surface area (Å²) in [5.41, 5.74) is 2.06. The number of carbonyl (C=O) groups excluding carboxylic acids is 2. The zero-order chi connectivity index (χ0) is 19.7. The maximum absolute atomic E-state index is 13.5. The number of benzene rings is 2. The van der Waals surface area contributed by atoms with Crippen LogP contribution in [0.4, 0.5) is 5.69 Å². The van der Waals surface area contributed by atoms with Gasteiger partial charge in [0.25, 0.3) is 11.8 Å². The third-order valence-electron chi connectivity index (χ3n) is 5.02. The van der Waals surface area contributed by atoms with Gasteiger partial charge in [0.15, 0.2) is 0 Å². The van der Waals surface area contributed by atoms with E-state index in [0.29, 0.717) is 39.9 Å². The average molecular weight is 397 g/mol. The van der Waals surface area contributed by atoms with E-state index in [1.165, 1.54) is 4.90 Å². The van der Waals surface area contributed by atoms with Crippen LogP contribution in [-0.4, -0.2) is 36.4 Å². The Bertz CT molecular complexity index is 947. The Morgan fingerprint density at radius 3 is 2.32 bits per heavy atom. The first-order valence-electron chi connectivity index (χ1n) is 9.47. The molecule has 2 aliphatic heterocycles. The van der Waals surface area contributed by atoms with Crippen molar-refractivity contribution in [1.82, 2.24) is 4.90 Å². The lowest BCUT2D eigenvalue weighted by Crippen LogP contribution is -2.34. The molecule has 2 aromatic carbocycles. The number of likely N-dealkylation sites (tertiary alicyclic amines) is 1. The molecule has 0 N–H and O–H groups in total. The van der Waals surface area contributed by atoms with Gasteiger partial charge in [-0.05, 0) is 49.6 Å². The van der Waals surface area contributed by atoms with E-state index in [0.717, 1.165) is 25.9 Å². The number of hydrogen-bond acceptors (Lipinski definition) is 4. The number of carbonyl (C=O) groups is 2. The van der Waals surface area contributed by atoms with E-state index in [1.54, 1.807) is 42.5 Å². The van der Waals surface area contributed by atoms with Crippen LogP contribution in [0.1, 0.15) is 25.3 Å². The van der Waals surface area contributed by atoms with E-state index < -0.39 is 0 Å². The summed E-state index contributed by atoms with van der Waals surface area (Å²) in [4.78, 5) is 30.2. The lowest BCUT2D eigenvalue weighted by Gasteiger charge is -2.21. The maximum Gasteiger partial charge on any atom is 0.282 e. The van der Waals surface area contributed by atoms with Crippen molar-refractivity contribution in [3.05, 3.63) is 64.8 Å². The molecule has 1 fully saturated rings. The molecule has 144 valence electrons. The molecular weight excluding hydrogens is 376 g/mol. The molecule has 2 aromatic rings. The lowest BCUT2D eigenvalue weighted by atomic mass is 10.0. The molecule has 1 saturated heterocycles. The molecule has 0 radical (unpaired) electrons. The van der Waals surface area contributed by atoms with Crippen LogP contribution in [-0.2, 0) is 9.59 Å². The topological polar surface area (TPSA) is 49.9 Å². The van der Waals surface area contributed by atoms with Gasteiger partial charge in [-0.2, -0.15) is 0 Å². The fraction of sp³-hybridized carbons (Fsp3) is 0.273. The molecule has 5 nitrogen and oxygen atoms in total. The smallest absolute Gasteiger partial charge is 0.282 e. The van der Waals surface area contributed by atoms with Gasteiger partial charge in [-0.1, -0.05) is 35.9 Å². The van der Waals surface area contributed by atoms with Crippen molar-refractivity contribution in [2.24, 2.45) is 0 Å². The van der Waals surface area contributed by atoms with Gasteiger partial charge < -0.3 is 9.64 Å². The number of nitrogens with zero attached hydrogens (tertiary/aromatic N) is 2. The number of halogens is 1. The highest BCUT2D eigenvalue weighted by atomic mass is 35.5. The summed E-state index contributed by atoms with van der Waals surface area (Å²) in [6.07, 6.45) is 2.02. The zero-order valence-electron chi connectivity index (χ0n) is 15.7. The first-order valence-corrected chi connectivity index (χ1v) is 9.85. The third kappa shape index (κ3) is 3.16. The second kappa shape index (κ2) is 7.68. The molecule has 0 aromatic heterocycles. The Kier molecular flexibility index (Phi) is 5.09. The standard InChI is InChI=1S/C22H21ClN2O3/c1-2-28-18-8-4-3-7-17(18)25-21(26)19(15-9-11-16(23)12-10-15)20(22(25)27)24-13-5-6-14-24/h3-4,7-12H,2,5-6,13-14H2,1H3. The summed E-state index contributed by atoms with van der Waals surface area (Å²) < 4.78 is 5.67. The molecule has 0 unspecified atom stereocenters. The van der Waals surface area contributed by atoms with Crippen LogP contribution in [0, 0.1) is 0 Å². The quantitative estimate of drug-likeness (QED) is 0.713. The molecule has 0 bridgehead atoms. The summed E-state index contributed by atoms with van der Waals surface area (Å²) in [5, 5.41) is 0.586. The average Bonchev–Trinajstić information content (AvgIpc) is 3.30. The van der Waals surface area contributed by atoms with Gasteiger partial charge in [0.05, 0.1) is 17.9 Å². The SMILES string of the molecule is CCOc1ccccc1N1C(=O)C(c2ccc(Cl)cc2)=C(N2CCCC2)C1=O. The van der Waals surface area contributed by atoms with Gasteiger partial charge in [-0.25, -0.2) is 4.90 Å². The predicted molar refractivity (Wildman–Crippen MR) is 109 cm³/mol. The number of ether oxygens (including phenoxy) is 1. The molecule has 2 heterocycles. The molecular formula is C22H21ClN2O3. The normalized spacial score (nSPS) is 17.1. The van der Waals surface area contributed by atoms with Gasteiger partial charge in [-0.15, -0.1) is 0 Å². The Labute approximate surface area is 169 Å². The first-order chi connectivity index (χ1) is 13.6. The van der Waals surface area contributed by atoms with Gasteiger partial charge >= 0.3 is 0 Å². The molecule has 2 aliphatic rings. The molecule has 0 saturated carbocycles. The molecule has 0 aliphatic carbocycles.